The Bertz CT molecular complexity index is 543. The third-order valence-corrected chi connectivity index (χ3v) is 3.69. The summed E-state index contributed by atoms with van der Waals surface area (Å²) in [7, 11) is 3.02. The molecule has 1 aliphatic heterocycles. The van der Waals surface area contributed by atoms with Crippen molar-refractivity contribution in [2.45, 2.75) is 12.8 Å². The lowest BCUT2D eigenvalue weighted by atomic mass is 9.97. The van der Waals surface area contributed by atoms with Gasteiger partial charge in [0.2, 0.25) is 0 Å². The van der Waals surface area contributed by atoms with E-state index in [9.17, 15) is 9.59 Å². The molecular weight excluding hydrogens is 274 g/mol. The maximum absolute atomic E-state index is 12.6. The van der Waals surface area contributed by atoms with Gasteiger partial charge < -0.3 is 19.5 Å². The van der Waals surface area contributed by atoms with Crippen molar-refractivity contribution >= 4 is 11.9 Å². The molecule has 0 aliphatic carbocycles. The van der Waals surface area contributed by atoms with Gasteiger partial charge in [0.1, 0.15) is 11.5 Å². The molecule has 0 aromatic heterocycles. The van der Waals surface area contributed by atoms with Crippen LogP contribution < -0.4 is 9.47 Å². The third-order valence-electron chi connectivity index (χ3n) is 3.69. The first-order valence-corrected chi connectivity index (χ1v) is 6.81. The van der Waals surface area contributed by atoms with Gasteiger partial charge in [-0.25, -0.2) is 0 Å². The van der Waals surface area contributed by atoms with Gasteiger partial charge in [0, 0.05) is 13.1 Å². The van der Waals surface area contributed by atoms with E-state index in [0.29, 0.717) is 36.4 Å². The summed E-state index contributed by atoms with van der Waals surface area (Å²) in [6, 6.07) is 5.00. The molecule has 1 fully saturated rings. The molecule has 1 amide bonds. The molecule has 1 N–H and O–H groups in total. The van der Waals surface area contributed by atoms with E-state index in [1.54, 1.807) is 23.1 Å². The molecule has 1 atom stereocenters. The normalized spacial score (nSPS) is 18.2. The van der Waals surface area contributed by atoms with Gasteiger partial charge in [-0.2, -0.15) is 0 Å². The number of piperidine rings is 1. The molecule has 1 aliphatic rings. The first kappa shape index (κ1) is 15.2. The number of carbonyl (C=O) groups excluding carboxylic acids is 1. The fraction of sp³-hybridized carbons (Fsp3) is 0.467. The molecule has 0 radical (unpaired) electrons. The largest absolute Gasteiger partial charge is 0.497 e. The molecule has 114 valence electrons. The lowest BCUT2D eigenvalue weighted by molar-refractivity contribution is -0.143. The lowest BCUT2D eigenvalue weighted by Gasteiger charge is -2.31. The van der Waals surface area contributed by atoms with E-state index in [4.69, 9.17) is 14.6 Å². The van der Waals surface area contributed by atoms with Gasteiger partial charge in [-0.05, 0) is 31.0 Å². The molecule has 0 bridgehead atoms. The quantitative estimate of drug-likeness (QED) is 0.913. The fourth-order valence-electron chi connectivity index (χ4n) is 2.51. The predicted molar refractivity (Wildman–Crippen MR) is 75.8 cm³/mol. The van der Waals surface area contributed by atoms with Crippen molar-refractivity contribution in [1.82, 2.24) is 4.90 Å². The van der Waals surface area contributed by atoms with Crippen LogP contribution >= 0.6 is 0 Å². The smallest absolute Gasteiger partial charge is 0.308 e. The molecule has 21 heavy (non-hydrogen) atoms. The number of rotatable bonds is 4. The Morgan fingerprint density at radius 3 is 2.67 bits per heavy atom. The number of carboxylic acid groups (broad SMARTS) is 1. The number of amides is 1. The number of benzene rings is 1. The Kier molecular flexibility index (Phi) is 4.67. The Hall–Kier alpha value is -2.24. The van der Waals surface area contributed by atoms with Crippen LogP contribution in [0.25, 0.3) is 0 Å². The second-order valence-corrected chi connectivity index (χ2v) is 4.99. The first-order valence-electron chi connectivity index (χ1n) is 6.81. The van der Waals surface area contributed by atoms with Crippen LogP contribution in [0.5, 0.6) is 11.5 Å². The summed E-state index contributed by atoms with van der Waals surface area (Å²) in [5.74, 6) is -0.565. The number of hydrogen-bond acceptors (Lipinski definition) is 4. The van der Waals surface area contributed by atoms with Crippen LogP contribution in [0.1, 0.15) is 23.2 Å². The molecule has 1 aromatic carbocycles. The van der Waals surface area contributed by atoms with Crippen LogP contribution in [0.2, 0.25) is 0 Å². The van der Waals surface area contributed by atoms with Crippen LogP contribution in [0.4, 0.5) is 0 Å². The zero-order valence-electron chi connectivity index (χ0n) is 12.2. The number of hydrogen-bond donors (Lipinski definition) is 1. The van der Waals surface area contributed by atoms with E-state index in [0.717, 1.165) is 0 Å². The van der Waals surface area contributed by atoms with Gasteiger partial charge in [0.15, 0.2) is 0 Å². The second-order valence-electron chi connectivity index (χ2n) is 4.99. The Balaban J connectivity index is 2.24. The average molecular weight is 293 g/mol. The van der Waals surface area contributed by atoms with Gasteiger partial charge in [0.05, 0.1) is 25.7 Å². The lowest BCUT2D eigenvalue weighted by Crippen LogP contribution is -2.42. The summed E-state index contributed by atoms with van der Waals surface area (Å²) in [6.07, 6.45) is 1.29. The van der Waals surface area contributed by atoms with Gasteiger partial charge in [-0.15, -0.1) is 0 Å². The predicted octanol–water partition coefficient (Wildman–Crippen LogP) is 1.64. The summed E-state index contributed by atoms with van der Waals surface area (Å²) >= 11 is 0. The first-order chi connectivity index (χ1) is 10.1. The van der Waals surface area contributed by atoms with E-state index in [1.165, 1.54) is 14.2 Å². The summed E-state index contributed by atoms with van der Waals surface area (Å²) in [6.45, 7) is 0.789. The van der Waals surface area contributed by atoms with E-state index >= 15 is 0 Å². The van der Waals surface area contributed by atoms with Crippen LogP contribution in [-0.2, 0) is 4.79 Å². The van der Waals surface area contributed by atoms with Crippen molar-refractivity contribution in [2.24, 2.45) is 5.92 Å². The van der Waals surface area contributed by atoms with E-state index in [1.807, 2.05) is 0 Å². The molecular formula is C15H19NO5. The van der Waals surface area contributed by atoms with Crippen LogP contribution in [0, 0.1) is 5.92 Å². The fourth-order valence-corrected chi connectivity index (χ4v) is 2.51. The highest BCUT2D eigenvalue weighted by atomic mass is 16.5. The number of carboxylic acids is 1. The Labute approximate surface area is 123 Å². The molecule has 0 unspecified atom stereocenters. The molecule has 0 spiro atoms. The van der Waals surface area contributed by atoms with Gasteiger partial charge >= 0.3 is 5.97 Å². The molecule has 6 nitrogen and oxygen atoms in total. The molecule has 6 heteroatoms. The number of aliphatic carboxylic acids is 1. The Morgan fingerprint density at radius 2 is 2.05 bits per heavy atom. The van der Waals surface area contributed by atoms with Crippen molar-refractivity contribution in [1.29, 1.82) is 0 Å². The minimum absolute atomic E-state index is 0.225. The highest BCUT2D eigenvalue weighted by molar-refractivity contribution is 5.97. The minimum Gasteiger partial charge on any atom is -0.497 e. The van der Waals surface area contributed by atoms with Crippen molar-refractivity contribution in [3.8, 4) is 11.5 Å². The average Bonchev–Trinajstić information content (AvgIpc) is 2.53. The number of carbonyl (C=O) groups is 2. The van der Waals surface area contributed by atoms with Crippen LogP contribution in [-0.4, -0.2) is 49.2 Å². The van der Waals surface area contributed by atoms with Crippen molar-refractivity contribution < 1.29 is 24.2 Å². The number of nitrogens with zero attached hydrogens (tertiary/aromatic N) is 1. The summed E-state index contributed by atoms with van der Waals surface area (Å²) in [4.78, 5) is 25.3. The molecule has 2 rings (SSSR count). The molecule has 1 heterocycles. The summed E-state index contributed by atoms with van der Waals surface area (Å²) in [5.41, 5.74) is 0.392. The summed E-state index contributed by atoms with van der Waals surface area (Å²) in [5, 5.41) is 9.11. The van der Waals surface area contributed by atoms with Crippen molar-refractivity contribution in [2.75, 3.05) is 27.3 Å². The van der Waals surface area contributed by atoms with E-state index in [-0.39, 0.29) is 12.5 Å². The van der Waals surface area contributed by atoms with Gasteiger partial charge in [-0.1, -0.05) is 0 Å². The third kappa shape index (κ3) is 3.26. The molecule has 0 saturated carbocycles. The number of ether oxygens (including phenoxy) is 2. The molecule has 1 saturated heterocycles. The van der Waals surface area contributed by atoms with Crippen molar-refractivity contribution in [3.05, 3.63) is 23.8 Å². The Morgan fingerprint density at radius 1 is 1.29 bits per heavy atom. The monoisotopic (exact) mass is 293 g/mol. The molecule has 1 aromatic rings. The van der Waals surface area contributed by atoms with Gasteiger partial charge in [0.25, 0.3) is 5.91 Å². The highest BCUT2D eigenvalue weighted by Gasteiger charge is 2.29. The maximum Gasteiger partial charge on any atom is 0.308 e. The zero-order chi connectivity index (χ0) is 15.4. The highest BCUT2D eigenvalue weighted by Crippen LogP contribution is 2.27. The van der Waals surface area contributed by atoms with Crippen LogP contribution in [0.3, 0.4) is 0 Å². The topological polar surface area (TPSA) is 76.1 Å². The van der Waals surface area contributed by atoms with Gasteiger partial charge in [-0.3, -0.25) is 9.59 Å². The standard InChI is InChI=1S/C15H19NO5/c1-20-11-5-6-13(21-2)12(8-11)14(17)16-7-3-4-10(9-16)15(18)19/h5-6,8,10H,3-4,7,9H2,1-2H3,(H,18,19)/t10-/m0/s1. The second kappa shape index (κ2) is 6.47. The van der Waals surface area contributed by atoms with Crippen molar-refractivity contribution in [3.63, 3.8) is 0 Å². The van der Waals surface area contributed by atoms with Crippen LogP contribution in [0.15, 0.2) is 18.2 Å². The summed E-state index contributed by atoms with van der Waals surface area (Å²) < 4.78 is 10.3. The SMILES string of the molecule is COc1ccc(OC)c(C(=O)N2CCC[C@H](C(=O)O)C2)c1. The zero-order valence-corrected chi connectivity index (χ0v) is 12.2. The van der Waals surface area contributed by atoms with E-state index < -0.39 is 11.9 Å². The number of likely N-dealkylation sites (tertiary alicyclic amines) is 1. The minimum atomic E-state index is -0.856. The number of methoxy groups -OCH3 is 2. The maximum atomic E-state index is 12.6. The van der Waals surface area contributed by atoms with E-state index in [2.05, 4.69) is 0 Å².